The first-order valence-corrected chi connectivity index (χ1v) is 10.0. The Bertz CT molecular complexity index is 730. The van der Waals surface area contributed by atoms with Crippen molar-refractivity contribution in [2.24, 2.45) is 0 Å². The van der Waals surface area contributed by atoms with Gasteiger partial charge in [0.25, 0.3) is 5.91 Å². The Balaban J connectivity index is 1.65. The van der Waals surface area contributed by atoms with Gasteiger partial charge in [0.15, 0.2) is 11.5 Å². The zero-order valence-corrected chi connectivity index (χ0v) is 16.6. The SMILES string of the molecule is CCN(Cc1ccc(OCc2cccs2)c(OC)c1)C(=O)C1CNCCO1. The van der Waals surface area contributed by atoms with Gasteiger partial charge in [0.2, 0.25) is 0 Å². The smallest absolute Gasteiger partial charge is 0.253 e. The van der Waals surface area contributed by atoms with Crippen LogP contribution in [-0.2, 0) is 22.7 Å². The summed E-state index contributed by atoms with van der Waals surface area (Å²) < 4.78 is 17.0. The summed E-state index contributed by atoms with van der Waals surface area (Å²) in [6.07, 6.45) is -0.408. The van der Waals surface area contributed by atoms with E-state index >= 15 is 0 Å². The van der Waals surface area contributed by atoms with E-state index in [0.717, 1.165) is 17.0 Å². The van der Waals surface area contributed by atoms with Crippen molar-refractivity contribution in [2.45, 2.75) is 26.2 Å². The summed E-state index contributed by atoms with van der Waals surface area (Å²) in [5.41, 5.74) is 0.995. The lowest BCUT2D eigenvalue weighted by Crippen LogP contribution is -2.49. The van der Waals surface area contributed by atoms with Crippen LogP contribution >= 0.6 is 11.3 Å². The quantitative estimate of drug-likeness (QED) is 0.751. The van der Waals surface area contributed by atoms with Crippen molar-refractivity contribution in [1.29, 1.82) is 0 Å². The highest BCUT2D eigenvalue weighted by Gasteiger charge is 2.26. The van der Waals surface area contributed by atoms with Gasteiger partial charge in [-0.1, -0.05) is 12.1 Å². The number of nitrogens with one attached hydrogen (secondary N) is 1. The van der Waals surface area contributed by atoms with E-state index in [1.54, 1.807) is 23.3 Å². The number of benzene rings is 1. The molecule has 1 fully saturated rings. The van der Waals surface area contributed by atoms with E-state index < -0.39 is 6.10 Å². The Labute approximate surface area is 164 Å². The molecule has 1 N–H and O–H groups in total. The summed E-state index contributed by atoms with van der Waals surface area (Å²) in [6, 6.07) is 9.85. The monoisotopic (exact) mass is 390 g/mol. The number of carbonyl (C=O) groups excluding carboxylic acids is 1. The molecule has 0 bridgehead atoms. The zero-order chi connectivity index (χ0) is 19.1. The van der Waals surface area contributed by atoms with Gasteiger partial charge in [0.05, 0.1) is 13.7 Å². The third-order valence-electron chi connectivity index (χ3n) is 4.45. The number of thiophene rings is 1. The van der Waals surface area contributed by atoms with Crippen LogP contribution in [0.25, 0.3) is 0 Å². The molecule has 1 unspecified atom stereocenters. The molecule has 146 valence electrons. The van der Waals surface area contributed by atoms with E-state index in [2.05, 4.69) is 5.32 Å². The Kier molecular flexibility index (Phi) is 7.09. The summed E-state index contributed by atoms with van der Waals surface area (Å²) in [5, 5.41) is 5.23. The number of likely N-dealkylation sites (N-methyl/N-ethyl adjacent to an activating group) is 1. The molecule has 0 spiro atoms. The molecule has 1 saturated heterocycles. The van der Waals surface area contributed by atoms with Crippen LogP contribution in [0.2, 0.25) is 0 Å². The molecule has 1 aromatic heterocycles. The van der Waals surface area contributed by atoms with Gasteiger partial charge < -0.3 is 24.4 Å². The van der Waals surface area contributed by atoms with Gasteiger partial charge in [-0.15, -0.1) is 11.3 Å². The van der Waals surface area contributed by atoms with Gasteiger partial charge in [-0.2, -0.15) is 0 Å². The van der Waals surface area contributed by atoms with Crippen molar-refractivity contribution in [3.05, 3.63) is 46.2 Å². The lowest BCUT2D eigenvalue weighted by Gasteiger charge is -2.29. The molecular weight excluding hydrogens is 364 g/mol. The second kappa shape index (κ2) is 9.73. The van der Waals surface area contributed by atoms with Crippen LogP contribution in [0, 0.1) is 0 Å². The Hall–Kier alpha value is -2.09. The molecule has 7 heteroatoms. The number of hydrogen-bond acceptors (Lipinski definition) is 6. The highest BCUT2D eigenvalue weighted by atomic mass is 32.1. The first-order chi connectivity index (χ1) is 13.2. The molecule has 1 amide bonds. The van der Waals surface area contributed by atoms with Crippen LogP contribution in [0.5, 0.6) is 11.5 Å². The van der Waals surface area contributed by atoms with Crippen molar-refractivity contribution in [3.8, 4) is 11.5 Å². The van der Waals surface area contributed by atoms with E-state index in [4.69, 9.17) is 14.2 Å². The predicted octanol–water partition coefficient (Wildman–Crippen LogP) is 2.67. The fraction of sp³-hybridized carbons (Fsp3) is 0.450. The van der Waals surface area contributed by atoms with Gasteiger partial charge in [0, 0.05) is 31.1 Å². The number of ether oxygens (including phenoxy) is 3. The highest BCUT2D eigenvalue weighted by Crippen LogP contribution is 2.30. The normalized spacial score (nSPS) is 16.7. The molecule has 0 aliphatic carbocycles. The molecule has 2 heterocycles. The number of rotatable bonds is 8. The molecule has 0 radical (unpaired) electrons. The minimum Gasteiger partial charge on any atom is -0.493 e. The van der Waals surface area contributed by atoms with Crippen LogP contribution in [0.4, 0.5) is 0 Å². The second-order valence-electron chi connectivity index (χ2n) is 6.27. The molecule has 1 atom stereocenters. The molecule has 1 aromatic carbocycles. The first kappa shape index (κ1) is 19.7. The topological polar surface area (TPSA) is 60.0 Å². The maximum absolute atomic E-state index is 12.7. The largest absolute Gasteiger partial charge is 0.493 e. The van der Waals surface area contributed by atoms with Crippen molar-refractivity contribution < 1.29 is 19.0 Å². The average Bonchev–Trinajstić information content (AvgIpc) is 3.24. The summed E-state index contributed by atoms with van der Waals surface area (Å²) in [7, 11) is 1.63. The van der Waals surface area contributed by atoms with Gasteiger partial charge >= 0.3 is 0 Å². The minimum absolute atomic E-state index is 0.0155. The molecule has 3 rings (SSSR count). The second-order valence-corrected chi connectivity index (χ2v) is 7.30. The van der Waals surface area contributed by atoms with Gasteiger partial charge in [-0.25, -0.2) is 0 Å². The molecule has 2 aromatic rings. The van der Waals surface area contributed by atoms with Crippen LogP contribution in [-0.4, -0.2) is 50.3 Å². The summed E-state index contributed by atoms with van der Waals surface area (Å²) in [4.78, 5) is 15.7. The van der Waals surface area contributed by atoms with Crippen molar-refractivity contribution >= 4 is 17.2 Å². The number of hydrogen-bond donors (Lipinski definition) is 1. The zero-order valence-electron chi connectivity index (χ0n) is 15.8. The number of carbonyl (C=O) groups is 1. The van der Waals surface area contributed by atoms with Crippen LogP contribution in [0.1, 0.15) is 17.4 Å². The lowest BCUT2D eigenvalue weighted by atomic mass is 10.1. The number of amides is 1. The summed E-state index contributed by atoms with van der Waals surface area (Å²) in [6.45, 7) is 5.55. The lowest BCUT2D eigenvalue weighted by molar-refractivity contribution is -0.145. The highest BCUT2D eigenvalue weighted by molar-refractivity contribution is 7.09. The van der Waals surface area contributed by atoms with Crippen LogP contribution in [0.3, 0.4) is 0 Å². The van der Waals surface area contributed by atoms with Gasteiger partial charge in [0.1, 0.15) is 12.7 Å². The predicted molar refractivity (Wildman–Crippen MR) is 105 cm³/mol. The third kappa shape index (κ3) is 5.22. The van der Waals surface area contributed by atoms with Gasteiger partial charge in [-0.3, -0.25) is 4.79 Å². The number of methoxy groups -OCH3 is 1. The Morgan fingerprint density at radius 1 is 1.37 bits per heavy atom. The molecule has 0 saturated carbocycles. The molecule has 1 aliphatic heterocycles. The Morgan fingerprint density at radius 2 is 2.26 bits per heavy atom. The Morgan fingerprint density at radius 3 is 2.93 bits per heavy atom. The fourth-order valence-electron chi connectivity index (χ4n) is 2.97. The van der Waals surface area contributed by atoms with Crippen molar-refractivity contribution in [1.82, 2.24) is 10.2 Å². The maximum atomic E-state index is 12.7. The summed E-state index contributed by atoms with van der Waals surface area (Å²) in [5.74, 6) is 1.38. The standard InChI is InChI=1S/C20H26N2O4S/c1-3-22(20(23)19-12-21-8-9-25-19)13-15-6-7-17(18(11-15)24-2)26-14-16-5-4-10-27-16/h4-7,10-11,19,21H,3,8-9,12-14H2,1-2H3. The molecular formula is C20H26N2O4S. The fourth-order valence-corrected chi connectivity index (χ4v) is 3.58. The van der Waals surface area contributed by atoms with Crippen LogP contribution in [0.15, 0.2) is 35.7 Å². The molecule has 1 aliphatic rings. The minimum atomic E-state index is -0.408. The maximum Gasteiger partial charge on any atom is 0.253 e. The van der Waals surface area contributed by atoms with E-state index in [1.165, 1.54) is 0 Å². The van der Waals surface area contributed by atoms with E-state index in [9.17, 15) is 4.79 Å². The van der Waals surface area contributed by atoms with E-state index in [-0.39, 0.29) is 5.91 Å². The van der Waals surface area contributed by atoms with E-state index in [1.807, 2.05) is 42.6 Å². The van der Waals surface area contributed by atoms with Crippen molar-refractivity contribution in [2.75, 3.05) is 33.4 Å². The molecule has 6 nitrogen and oxygen atoms in total. The number of nitrogens with zero attached hydrogens (tertiary/aromatic N) is 1. The first-order valence-electron chi connectivity index (χ1n) is 9.14. The van der Waals surface area contributed by atoms with Gasteiger partial charge in [-0.05, 0) is 36.1 Å². The molecule has 27 heavy (non-hydrogen) atoms. The third-order valence-corrected chi connectivity index (χ3v) is 5.30. The summed E-state index contributed by atoms with van der Waals surface area (Å²) >= 11 is 1.66. The number of morpholine rings is 1. The average molecular weight is 391 g/mol. The van der Waals surface area contributed by atoms with E-state index in [0.29, 0.717) is 44.3 Å². The van der Waals surface area contributed by atoms with Crippen molar-refractivity contribution in [3.63, 3.8) is 0 Å². The van der Waals surface area contributed by atoms with Crippen LogP contribution < -0.4 is 14.8 Å².